The summed E-state index contributed by atoms with van der Waals surface area (Å²) in [6, 6.07) is 15.0. The molecule has 0 fully saturated rings. The smallest absolute Gasteiger partial charge is 0.118 e. The Hall–Kier alpha value is -1.97. The average molecular weight is 355 g/mol. The summed E-state index contributed by atoms with van der Waals surface area (Å²) in [4.78, 5) is 3.63. The number of aromatic nitrogens is 1. The number of methoxy groups -OCH3 is 1. The van der Waals surface area contributed by atoms with Crippen molar-refractivity contribution in [3.63, 3.8) is 0 Å². The summed E-state index contributed by atoms with van der Waals surface area (Å²) in [5, 5.41) is 5.87. The Balaban J connectivity index is 1.61. The molecule has 1 aliphatic rings. The minimum atomic E-state index is 0.275. The highest BCUT2D eigenvalue weighted by atomic mass is 35.5. The largest absolute Gasteiger partial charge is 0.497 e. The molecule has 1 aromatic heterocycles. The molecule has 4 rings (SSSR count). The molecule has 0 unspecified atom stereocenters. The van der Waals surface area contributed by atoms with E-state index < -0.39 is 0 Å². The monoisotopic (exact) mass is 354 g/mol. The third-order valence-electron chi connectivity index (χ3n) is 5.24. The van der Waals surface area contributed by atoms with Gasteiger partial charge in [0.05, 0.1) is 7.11 Å². The molecule has 0 bridgehead atoms. The van der Waals surface area contributed by atoms with E-state index in [1.54, 1.807) is 7.11 Å². The van der Waals surface area contributed by atoms with Crippen LogP contribution in [0, 0.1) is 0 Å². The van der Waals surface area contributed by atoms with Gasteiger partial charge >= 0.3 is 0 Å². The van der Waals surface area contributed by atoms with Crippen molar-refractivity contribution in [2.45, 2.75) is 38.3 Å². The number of halogens is 1. The van der Waals surface area contributed by atoms with Crippen molar-refractivity contribution in [2.75, 3.05) is 7.11 Å². The zero-order valence-electron chi connectivity index (χ0n) is 14.6. The predicted octanol–water partition coefficient (Wildman–Crippen LogP) is 5.56. The van der Waals surface area contributed by atoms with Crippen LogP contribution in [0.5, 0.6) is 5.75 Å². The number of fused-ring (bicyclic) bond motifs is 3. The van der Waals surface area contributed by atoms with Crippen molar-refractivity contribution in [2.24, 2.45) is 0 Å². The zero-order chi connectivity index (χ0) is 17.4. The van der Waals surface area contributed by atoms with E-state index in [9.17, 15) is 0 Å². The lowest BCUT2D eigenvalue weighted by atomic mass is 9.91. The van der Waals surface area contributed by atoms with Crippen LogP contribution >= 0.6 is 11.6 Å². The van der Waals surface area contributed by atoms with Crippen molar-refractivity contribution in [1.82, 2.24) is 10.3 Å². The molecule has 1 heterocycles. The third kappa shape index (κ3) is 3.14. The van der Waals surface area contributed by atoms with E-state index in [0.717, 1.165) is 23.6 Å². The van der Waals surface area contributed by atoms with Gasteiger partial charge in [0.1, 0.15) is 5.75 Å². The van der Waals surface area contributed by atoms with Crippen molar-refractivity contribution in [3.8, 4) is 5.75 Å². The van der Waals surface area contributed by atoms with Crippen molar-refractivity contribution in [3.05, 3.63) is 64.3 Å². The normalized spacial score (nSPS) is 18.1. The molecule has 3 nitrogen and oxygen atoms in total. The van der Waals surface area contributed by atoms with E-state index in [1.807, 2.05) is 18.2 Å². The average Bonchev–Trinajstić information content (AvgIpc) is 3.01. The van der Waals surface area contributed by atoms with Crippen LogP contribution in [0.4, 0.5) is 0 Å². The molecule has 0 saturated carbocycles. The number of benzene rings is 2. The number of aryl methyl sites for hydroxylation is 1. The molecule has 0 saturated heterocycles. The van der Waals surface area contributed by atoms with Gasteiger partial charge < -0.3 is 15.0 Å². The van der Waals surface area contributed by atoms with Crippen LogP contribution in [0.25, 0.3) is 10.9 Å². The van der Waals surface area contributed by atoms with Crippen LogP contribution in [-0.2, 0) is 6.42 Å². The molecule has 4 heteroatoms. The number of nitrogens with one attached hydrogen (secondary N) is 2. The number of hydrogen-bond acceptors (Lipinski definition) is 2. The summed E-state index contributed by atoms with van der Waals surface area (Å²) in [6.45, 7) is 2.22. The maximum absolute atomic E-state index is 6.20. The maximum atomic E-state index is 6.20. The van der Waals surface area contributed by atoms with E-state index >= 15 is 0 Å². The fourth-order valence-corrected chi connectivity index (χ4v) is 4.06. The highest BCUT2D eigenvalue weighted by Crippen LogP contribution is 2.37. The van der Waals surface area contributed by atoms with Gasteiger partial charge in [-0.1, -0.05) is 23.7 Å². The molecular weight excluding hydrogens is 332 g/mol. The highest BCUT2D eigenvalue weighted by Gasteiger charge is 2.25. The maximum Gasteiger partial charge on any atom is 0.118 e. The second-order valence-electron chi connectivity index (χ2n) is 6.81. The number of ether oxygens (including phenoxy) is 1. The number of H-pyrrole nitrogens is 1. The van der Waals surface area contributed by atoms with Gasteiger partial charge in [-0.05, 0) is 67.6 Å². The van der Waals surface area contributed by atoms with Crippen LogP contribution in [0.2, 0.25) is 5.02 Å². The standard InChI is InChI=1S/C21H23ClN2O/c1-13(14-6-9-16(25-2)10-7-14)23-20-5-3-4-17-18-12-15(22)8-11-19(18)24-21(17)20/h6-13,20,23-24H,3-5H2,1-2H3/t13-,20-/m0/s1. The van der Waals surface area contributed by atoms with Gasteiger partial charge in [0, 0.05) is 33.7 Å². The number of aromatic amines is 1. The van der Waals surface area contributed by atoms with Crippen LogP contribution in [-0.4, -0.2) is 12.1 Å². The lowest BCUT2D eigenvalue weighted by molar-refractivity contribution is 0.406. The third-order valence-corrected chi connectivity index (χ3v) is 5.47. The summed E-state index contributed by atoms with van der Waals surface area (Å²) in [7, 11) is 1.70. The minimum Gasteiger partial charge on any atom is -0.497 e. The summed E-state index contributed by atoms with van der Waals surface area (Å²) in [5.41, 5.74) is 5.19. The molecule has 130 valence electrons. The van der Waals surface area contributed by atoms with Crippen molar-refractivity contribution in [1.29, 1.82) is 0 Å². The number of hydrogen-bond donors (Lipinski definition) is 2. The van der Waals surface area contributed by atoms with E-state index in [2.05, 4.69) is 41.5 Å². The zero-order valence-corrected chi connectivity index (χ0v) is 15.4. The SMILES string of the molecule is COc1ccc([C@H](C)N[C@H]2CCCc3c2[nH]c2ccc(Cl)cc32)cc1. The molecule has 2 aromatic carbocycles. The molecule has 0 amide bonds. The highest BCUT2D eigenvalue weighted by molar-refractivity contribution is 6.31. The second kappa shape index (κ2) is 6.74. The quantitative estimate of drug-likeness (QED) is 0.643. The number of rotatable bonds is 4. The van der Waals surface area contributed by atoms with Gasteiger partial charge in [0.15, 0.2) is 0 Å². The van der Waals surface area contributed by atoms with Crippen LogP contribution < -0.4 is 10.1 Å². The van der Waals surface area contributed by atoms with Gasteiger partial charge in [-0.3, -0.25) is 0 Å². The van der Waals surface area contributed by atoms with Crippen LogP contribution in [0.3, 0.4) is 0 Å². The van der Waals surface area contributed by atoms with E-state index in [4.69, 9.17) is 16.3 Å². The Morgan fingerprint density at radius 1 is 1.20 bits per heavy atom. The molecule has 1 aliphatic carbocycles. The summed E-state index contributed by atoms with van der Waals surface area (Å²) >= 11 is 6.20. The molecule has 25 heavy (non-hydrogen) atoms. The first-order chi connectivity index (χ1) is 12.2. The molecular formula is C21H23ClN2O. The lowest BCUT2D eigenvalue weighted by Crippen LogP contribution is -2.27. The topological polar surface area (TPSA) is 37.0 Å². The van der Waals surface area contributed by atoms with Gasteiger partial charge in [0.2, 0.25) is 0 Å². The molecule has 2 N–H and O–H groups in total. The van der Waals surface area contributed by atoms with Gasteiger partial charge in [-0.25, -0.2) is 0 Å². The predicted molar refractivity (Wildman–Crippen MR) is 104 cm³/mol. The van der Waals surface area contributed by atoms with Gasteiger partial charge in [0.25, 0.3) is 0 Å². The molecule has 0 radical (unpaired) electrons. The molecule has 0 aliphatic heterocycles. The van der Waals surface area contributed by atoms with E-state index in [-0.39, 0.29) is 6.04 Å². The molecule has 0 spiro atoms. The van der Waals surface area contributed by atoms with Crippen molar-refractivity contribution < 1.29 is 4.74 Å². The summed E-state index contributed by atoms with van der Waals surface area (Å²) in [5.74, 6) is 0.892. The van der Waals surface area contributed by atoms with Gasteiger partial charge in [-0.2, -0.15) is 0 Å². The first-order valence-corrected chi connectivity index (χ1v) is 9.23. The fourth-order valence-electron chi connectivity index (χ4n) is 3.89. The first kappa shape index (κ1) is 16.5. The van der Waals surface area contributed by atoms with Gasteiger partial charge in [-0.15, -0.1) is 0 Å². The van der Waals surface area contributed by atoms with Crippen molar-refractivity contribution >= 4 is 22.5 Å². The van der Waals surface area contributed by atoms with E-state index in [0.29, 0.717) is 6.04 Å². The Kier molecular flexibility index (Phi) is 4.45. The Morgan fingerprint density at radius 3 is 2.76 bits per heavy atom. The Labute approximate surface area is 153 Å². The first-order valence-electron chi connectivity index (χ1n) is 8.85. The van der Waals surface area contributed by atoms with Crippen LogP contribution in [0.1, 0.15) is 48.7 Å². The Bertz CT molecular complexity index is 885. The second-order valence-corrected chi connectivity index (χ2v) is 7.25. The molecule has 3 aromatic rings. The minimum absolute atomic E-state index is 0.275. The lowest BCUT2D eigenvalue weighted by Gasteiger charge is -2.27. The molecule has 2 atom stereocenters. The Morgan fingerprint density at radius 2 is 2.00 bits per heavy atom. The fraction of sp³-hybridized carbons (Fsp3) is 0.333. The van der Waals surface area contributed by atoms with E-state index in [1.165, 1.54) is 34.1 Å². The summed E-state index contributed by atoms with van der Waals surface area (Å²) < 4.78 is 5.25. The van der Waals surface area contributed by atoms with Crippen LogP contribution in [0.15, 0.2) is 42.5 Å². The summed E-state index contributed by atoms with van der Waals surface area (Å²) in [6.07, 6.45) is 3.46.